The number of benzene rings is 2. The Hall–Kier alpha value is -3.23. The third-order valence-electron chi connectivity index (χ3n) is 4.92. The molecule has 3 amide bonds. The van der Waals surface area contributed by atoms with Crippen molar-refractivity contribution in [2.45, 2.75) is 20.4 Å². The van der Waals surface area contributed by atoms with E-state index in [1.165, 1.54) is 0 Å². The summed E-state index contributed by atoms with van der Waals surface area (Å²) in [6.45, 7) is 7.28. The lowest BCUT2D eigenvalue weighted by atomic mass is 10.1. The molecule has 0 spiro atoms. The second kappa shape index (κ2) is 10.7. The molecule has 8 nitrogen and oxygen atoms in total. The molecule has 2 N–H and O–H groups in total. The first-order valence-electron chi connectivity index (χ1n) is 10.1. The number of esters is 1. The fourth-order valence-electron chi connectivity index (χ4n) is 3.25. The van der Waals surface area contributed by atoms with Gasteiger partial charge in [-0.1, -0.05) is 29.8 Å². The third kappa shape index (κ3) is 6.91. The van der Waals surface area contributed by atoms with Crippen LogP contribution in [0.15, 0.2) is 42.5 Å². The number of hydrogen-bond acceptors (Lipinski definition) is 6. The predicted octanol–water partition coefficient (Wildman–Crippen LogP) is 2.64. The molecule has 0 unspecified atom stereocenters. The fourth-order valence-corrected chi connectivity index (χ4v) is 3.25. The highest BCUT2D eigenvalue weighted by atomic mass is 16.5. The van der Waals surface area contributed by atoms with E-state index < -0.39 is 24.5 Å². The zero-order chi connectivity index (χ0) is 22.2. The highest BCUT2D eigenvalue weighted by Gasteiger charge is 2.14. The second-order valence-corrected chi connectivity index (χ2v) is 7.48. The quantitative estimate of drug-likeness (QED) is 0.691. The van der Waals surface area contributed by atoms with Crippen molar-refractivity contribution in [2.75, 3.05) is 38.2 Å². The fraction of sp³-hybridized carbons (Fsp3) is 0.348. The van der Waals surface area contributed by atoms with Gasteiger partial charge in [0.25, 0.3) is 5.91 Å². The normalized spacial score (nSPS) is 14.0. The number of aryl methyl sites for hydroxylation is 2. The molecule has 1 heterocycles. The Bertz CT molecular complexity index is 937. The van der Waals surface area contributed by atoms with Gasteiger partial charge in [-0.15, -0.1) is 0 Å². The number of carbonyl (C=O) groups excluding carboxylic acids is 3. The van der Waals surface area contributed by atoms with E-state index in [0.717, 1.165) is 49.5 Å². The molecule has 3 rings (SSSR count). The van der Waals surface area contributed by atoms with Gasteiger partial charge in [0.15, 0.2) is 6.61 Å². The lowest BCUT2D eigenvalue weighted by molar-refractivity contribution is -0.123. The molecule has 0 radical (unpaired) electrons. The summed E-state index contributed by atoms with van der Waals surface area (Å²) in [6, 6.07) is 11.9. The van der Waals surface area contributed by atoms with Crippen LogP contribution in [0.4, 0.5) is 10.5 Å². The number of ether oxygens (including phenoxy) is 2. The van der Waals surface area contributed by atoms with Gasteiger partial charge in [-0.2, -0.15) is 0 Å². The SMILES string of the molecule is Cc1ccc(NC(=O)NC(=O)COC(=O)c2ccc(CN3CCOCC3)cc2)c(C)c1. The minimum atomic E-state index is -0.709. The van der Waals surface area contributed by atoms with E-state index in [1.807, 2.05) is 38.1 Å². The molecule has 164 valence electrons. The van der Waals surface area contributed by atoms with Crippen molar-refractivity contribution < 1.29 is 23.9 Å². The maximum Gasteiger partial charge on any atom is 0.338 e. The van der Waals surface area contributed by atoms with Crippen LogP contribution in [0.25, 0.3) is 0 Å². The van der Waals surface area contributed by atoms with Gasteiger partial charge in [-0.25, -0.2) is 9.59 Å². The number of rotatable bonds is 6. The van der Waals surface area contributed by atoms with Crippen LogP contribution in [0.1, 0.15) is 27.0 Å². The number of amides is 3. The van der Waals surface area contributed by atoms with Crippen molar-refractivity contribution in [1.82, 2.24) is 10.2 Å². The van der Waals surface area contributed by atoms with E-state index in [2.05, 4.69) is 15.5 Å². The van der Waals surface area contributed by atoms with Gasteiger partial charge in [-0.05, 0) is 43.2 Å². The molecule has 0 aromatic heterocycles. The third-order valence-corrected chi connectivity index (χ3v) is 4.92. The summed E-state index contributed by atoms with van der Waals surface area (Å²) in [5, 5.41) is 4.75. The molecule has 1 aliphatic heterocycles. The van der Waals surface area contributed by atoms with E-state index in [-0.39, 0.29) is 0 Å². The van der Waals surface area contributed by atoms with Gasteiger partial charge in [0.1, 0.15) is 0 Å². The number of morpholine rings is 1. The lowest BCUT2D eigenvalue weighted by Gasteiger charge is -2.26. The standard InChI is InChI=1S/C23H27N3O5/c1-16-3-8-20(17(2)13-16)24-23(29)25-21(27)15-31-22(28)19-6-4-18(5-7-19)14-26-9-11-30-12-10-26/h3-8,13H,9-12,14-15H2,1-2H3,(H2,24,25,27,29). The summed E-state index contributed by atoms with van der Waals surface area (Å²) < 4.78 is 10.3. The van der Waals surface area contributed by atoms with E-state index in [0.29, 0.717) is 11.3 Å². The van der Waals surface area contributed by atoms with Crippen molar-refractivity contribution in [3.05, 3.63) is 64.7 Å². The number of nitrogens with zero attached hydrogens (tertiary/aromatic N) is 1. The Morgan fingerprint density at radius 2 is 1.74 bits per heavy atom. The first-order chi connectivity index (χ1) is 14.9. The average molecular weight is 425 g/mol. The molecular formula is C23H27N3O5. The molecule has 2 aromatic carbocycles. The minimum Gasteiger partial charge on any atom is -0.452 e. The first-order valence-corrected chi connectivity index (χ1v) is 10.1. The Morgan fingerprint density at radius 3 is 2.42 bits per heavy atom. The molecule has 1 fully saturated rings. The predicted molar refractivity (Wildman–Crippen MR) is 116 cm³/mol. The Balaban J connectivity index is 1.42. The highest BCUT2D eigenvalue weighted by molar-refractivity contribution is 6.02. The van der Waals surface area contributed by atoms with Crippen molar-refractivity contribution in [1.29, 1.82) is 0 Å². The van der Waals surface area contributed by atoms with Crippen LogP contribution in [-0.4, -0.2) is 55.7 Å². The number of nitrogens with one attached hydrogen (secondary N) is 2. The Morgan fingerprint density at radius 1 is 1.03 bits per heavy atom. The summed E-state index contributed by atoms with van der Waals surface area (Å²) in [5.74, 6) is -1.33. The monoisotopic (exact) mass is 425 g/mol. The van der Waals surface area contributed by atoms with Gasteiger partial charge in [-0.3, -0.25) is 15.0 Å². The van der Waals surface area contributed by atoms with E-state index in [1.54, 1.807) is 18.2 Å². The molecule has 2 aromatic rings. The van der Waals surface area contributed by atoms with Crippen molar-refractivity contribution in [2.24, 2.45) is 0 Å². The lowest BCUT2D eigenvalue weighted by Crippen LogP contribution is -2.37. The van der Waals surface area contributed by atoms with E-state index >= 15 is 0 Å². The van der Waals surface area contributed by atoms with E-state index in [9.17, 15) is 14.4 Å². The number of anilines is 1. The maximum absolute atomic E-state index is 12.2. The molecule has 0 saturated carbocycles. The van der Waals surface area contributed by atoms with Crippen molar-refractivity contribution in [3.63, 3.8) is 0 Å². The van der Waals surface area contributed by atoms with Crippen LogP contribution < -0.4 is 10.6 Å². The summed E-state index contributed by atoms with van der Waals surface area (Å²) in [5.41, 5.74) is 3.98. The Kier molecular flexibility index (Phi) is 7.75. The molecule has 1 saturated heterocycles. The smallest absolute Gasteiger partial charge is 0.338 e. The zero-order valence-corrected chi connectivity index (χ0v) is 17.8. The molecule has 0 atom stereocenters. The number of hydrogen-bond donors (Lipinski definition) is 2. The number of carbonyl (C=O) groups is 3. The van der Waals surface area contributed by atoms with Crippen LogP contribution in [-0.2, 0) is 20.8 Å². The van der Waals surface area contributed by atoms with Crippen LogP contribution in [0.5, 0.6) is 0 Å². The molecule has 0 aliphatic carbocycles. The minimum absolute atomic E-state index is 0.346. The summed E-state index contributed by atoms with van der Waals surface area (Å²) >= 11 is 0. The van der Waals surface area contributed by atoms with Crippen LogP contribution >= 0.6 is 0 Å². The largest absolute Gasteiger partial charge is 0.452 e. The zero-order valence-electron chi connectivity index (χ0n) is 17.8. The molecular weight excluding hydrogens is 398 g/mol. The van der Waals surface area contributed by atoms with Gasteiger partial charge in [0, 0.05) is 25.3 Å². The van der Waals surface area contributed by atoms with Gasteiger partial charge < -0.3 is 14.8 Å². The summed E-state index contributed by atoms with van der Waals surface area (Å²) in [6.07, 6.45) is 0. The van der Waals surface area contributed by atoms with Crippen LogP contribution in [0.3, 0.4) is 0 Å². The molecule has 0 bridgehead atoms. The average Bonchev–Trinajstić information content (AvgIpc) is 2.75. The summed E-state index contributed by atoms with van der Waals surface area (Å²) in [7, 11) is 0. The van der Waals surface area contributed by atoms with E-state index in [4.69, 9.17) is 9.47 Å². The van der Waals surface area contributed by atoms with Gasteiger partial charge in [0.2, 0.25) is 0 Å². The van der Waals surface area contributed by atoms with Crippen LogP contribution in [0, 0.1) is 13.8 Å². The number of imide groups is 1. The van der Waals surface area contributed by atoms with Crippen molar-refractivity contribution >= 4 is 23.6 Å². The number of urea groups is 1. The summed E-state index contributed by atoms with van der Waals surface area (Å²) in [4.78, 5) is 38.4. The molecule has 1 aliphatic rings. The molecule has 31 heavy (non-hydrogen) atoms. The van der Waals surface area contributed by atoms with Crippen LogP contribution in [0.2, 0.25) is 0 Å². The first kappa shape index (κ1) is 22.5. The second-order valence-electron chi connectivity index (χ2n) is 7.48. The maximum atomic E-state index is 12.2. The highest BCUT2D eigenvalue weighted by Crippen LogP contribution is 2.15. The van der Waals surface area contributed by atoms with Gasteiger partial charge >= 0.3 is 12.0 Å². The van der Waals surface area contributed by atoms with Gasteiger partial charge in [0.05, 0.1) is 18.8 Å². The van der Waals surface area contributed by atoms with Crippen molar-refractivity contribution in [3.8, 4) is 0 Å². The Labute approximate surface area is 181 Å². The molecule has 8 heteroatoms. The topological polar surface area (TPSA) is 97.0 Å².